The molecule has 0 aliphatic carbocycles. The molecule has 0 spiro atoms. The van der Waals surface area contributed by atoms with Gasteiger partial charge in [0.25, 0.3) is 0 Å². The van der Waals surface area contributed by atoms with Gasteiger partial charge < -0.3 is 10.2 Å². The number of nitrogens with two attached hydrogens (primary N) is 1. The van der Waals surface area contributed by atoms with Crippen molar-refractivity contribution in [2.45, 2.75) is 0 Å². The zero-order valence-electron chi connectivity index (χ0n) is 9.12. The summed E-state index contributed by atoms with van der Waals surface area (Å²) in [6.07, 6.45) is 4.76. The van der Waals surface area contributed by atoms with Crippen LogP contribution < -0.4 is 5.73 Å². The normalized spacial score (nSPS) is 10.7. The molecular formula is C11H8BrN5O. The van der Waals surface area contributed by atoms with Crippen molar-refractivity contribution in [3.8, 4) is 17.3 Å². The molecule has 0 saturated heterocycles. The molecule has 18 heavy (non-hydrogen) atoms. The van der Waals surface area contributed by atoms with E-state index in [1.165, 1.54) is 4.68 Å². The minimum absolute atomic E-state index is 0.470. The summed E-state index contributed by atoms with van der Waals surface area (Å²) in [5.74, 6) is 1.67. The highest BCUT2D eigenvalue weighted by atomic mass is 79.9. The Bertz CT molecular complexity index is 676. The van der Waals surface area contributed by atoms with E-state index in [0.29, 0.717) is 27.8 Å². The van der Waals surface area contributed by atoms with E-state index < -0.39 is 0 Å². The number of anilines is 1. The summed E-state index contributed by atoms with van der Waals surface area (Å²) >= 11 is 3.24. The van der Waals surface area contributed by atoms with Gasteiger partial charge in [-0.05, 0) is 28.1 Å². The molecule has 0 atom stereocenters. The van der Waals surface area contributed by atoms with E-state index in [2.05, 4.69) is 31.0 Å². The number of hydrogen-bond acceptors (Lipinski definition) is 5. The van der Waals surface area contributed by atoms with Gasteiger partial charge in [-0.2, -0.15) is 9.78 Å². The quantitative estimate of drug-likeness (QED) is 0.785. The molecule has 0 bridgehead atoms. The predicted molar refractivity (Wildman–Crippen MR) is 69.0 cm³/mol. The molecule has 0 fully saturated rings. The number of rotatable bonds is 2. The predicted octanol–water partition coefficient (Wildman–Crippen LogP) is 2.27. The highest BCUT2D eigenvalue weighted by Gasteiger charge is 2.12. The fraction of sp³-hybridized carbons (Fsp3) is 0. The molecule has 0 radical (unpaired) electrons. The van der Waals surface area contributed by atoms with E-state index in [-0.39, 0.29) is 0 Å². The van der Waals surface area contributed by atoms with Crippen molar-refractivity contribution in [3.05, 3.63) is 41.5 Å². The van der Waals surface area contributed by atoms with Gasteiger partial charge in [0.05, 0.1) is 6.20 Å². The number of hydrogen-bond donors (Lipinski definition) is 1. The lowest BCUT2D eigenvalue weighted by atomic mass is 10.3. The summed E-state index contributed by atoms with van der Waals surface area (Å²) in [7, 11) is 0. The van der Waals surface area contributed by atoms with Crippen molar-refractivity contribution in [3.63, 3.8) is 0 Å². The molecule has 3 aromatic rings. The summed E-state index contributed by atoms with van der Waals surface area (Å²) in [6, 6.07) is 5.33. The van der Waals surface area contributed by atoms with Gasteiger partial charge in [-0.25, -0.2) is 4.98 Å². The first-order valence-electron chi connectivity index (χ1n) is 5.11. The van der Waals surface area contributed by atoms with Crippen LogP contribution in [0.2, 0.25) is 0 Å². The number of furan rings is 1. The lowest BCUT2D eigenvalue weighted by molar-refractivity contribution is 0.553. The minimum Gasteiger partial charge on any atom is -0.448 e. The SMILES string of the molecule is Nc1cc(-c2ccc(Br)o2)nn1-c1cnccn1. The van der Waals surface area contributed by atoms with Crippen LogP contribution in [-0.4, -0.2) is 19.7 Å². The Balaban J connectivity index is 2.06. The smallest absolute Gasteiger partial charge is 0.174 e. The minimum atomic E-state index is 0.470. The van der Waals surface area contributed by atoms with Crippen LogP contribution in [-0.2, 0) is 0 Å². The van der Waals surface area contributed by atoms with Crippen LogP contribution in [0.1, 0.15) is 0 Å². The standard InChI is InChI=1S/C11H8BrN5O/c12-9-2-1-8(18-9)7-5-10(13)17(16-7)11-6-14-3-4-15-11/h1-6H,13H2. The van der Waals surface area contributed by atoms with Crippen LogP contribution in [0.15, 0.2) is 45.9 Å². The summed E-state index contributed by atoms with van der Waals surface area (Å²) in [4.78, 5) is 8.12. The molecule has 6 nitrogen and oxygen atoms in total. The maximum atomic E-state index is 5.90. The van der Waals surface area contributed by atoms with Crippen LogP contribution in [0.4, 0.5) is 5.82 Å². The molecule has 0 aromatic carbocycles. The Morgan fingerprint density at radius 1 is 1.28 bits per heavy atom. The molecule has 0 saturated carbocycles. The van der Waals surface area contributed by atoms with Gasteiger partial charge in [-0.3, -0.25) is 4.98 Å². The summed E-state index contributed by atoms with van der Waals surface area (Å²) in [6.45, 7) is 0. The first kappa shape index (κ1) is 11.0. The molecule has 0 aliphatic heterocycles. The molecule has 2 N–H and O–H groups in total. The van der Waals surface area contributed by atoms with Crippen molar-refractivity contribution in [2.24, 2.45) is 0 Å². The lowest BCUT2D eigenvalue weighted by Gasteiger charge is -2.00. The van der Waals surface area contributed by atoms with Gasteiger partial charge in [0.1, 0.15) is 11.5 Å². The molecule has 7 heteroatoms. The van der Waals surface area contributed by atoms with Crippen LogP contribution in [0.3, 0.4) is 0 Å². The Hall–Kier alpha value is -2.15. The van der Waals surface area contributed by atoms with Gasteiger partial charge in [0.2, 0.25) is 0 Å². The van der Waals surface area contributed by atoms with Crippen LogP contribution >= 0.6 is 15.9 Å². The van der Waals surface area contributed by atoms with Crippen molar-refractivity contribution in [1.29, 1.82) is 0 Å². The fourth-order valence-electron chi connectivity index (χ4n) is 1.55. The highest BCUT2D eigenvalue weighted by Crippen LogP contribution is 2.26. The second-order valence-electron chi connectivity index (χ2n) is 3.53. The second-order valence-corrected chi connectivity index (χ2v) is 4.32. The molecule has 0 unspecified atom stereocenters. The monoisotopic (exact) mass is 305 g/mol. The molecular weight excluding hydrogens is 298 g/mol. The topological polar surface area (TPSA) is 82.8 Å². The van der Waals surface area contributed by atoms with Gasteiger partial charge in [-0.1, -0.05) is 0 Å². The van der Waals surface area contributed by atoms with Gasteiger partial charge in [0.15, 0.2) is 16.2 Å². The third-order valence-corrected chi connectivity index (χ3v) is 2.76. The number of aromatic nitrogens is 4. The molecule has 0 amide bonds. The van der Waals surface area contributed by atoms with E-state index in [1.807, 2.05) is 6.07 Å². The van der Waals surface area contributed by atoms with Gasteiger partial charge in [-0.15, -0.1) is 0 Å². The van der Waals surface area contributed by atoms with Crippen molar-refractivity contribution >= 4 is 21.7 Å². The Labute approximate surface area is 111 Å². The second kappa shape index (κ2) is 4.26. The summed E-state index contributed by atoms with van der Waals surface area (Å²) in [5.41, 5.74) is 6.54. The first-order chi connectivity index (χ1) is 8.74. The largest absolute Gasteiger partial charge is 0.448 e. The van der Waals surface area contributed by atoms with E-state index >= 15 is 0 Å². The van der Waals surface area contributed by atoms with Crippen molar-refractivity contribution in [1.82, 2.24) is 19.7 Å². The lowest BCUT2D eigenvalue weighted by Crippen LogP contribution is -2.03. The van der Waals surface area contributed by atoms with Crippen LogP contribution in [0.5, 0.6) is 0 Å². The Morgan fingerprint density at radius 3 is 2.83 bits per heavy atom. The van der Waals surface area contributed by atoms with Crippen LogP contribution in [0.25, 0.3) is 17.3 Å². The van der Waals surface area contributed by atoms with Gasteiger partial charge >= 0.3 is 0 Å². The maximum absolute atomic E-state index is 5.90. The zero-order valence-corrected chi connectivity index (χ0v) is 10.7. The third-order valence-electron chi connectivity index (χ3n) is 2.33. The number of nitrogen functional groups attached to an aromatic ring is 1. The van der Waals surface area contributed by atoms with Crippen LogP contribution in [0, 0.1) is 0 Å². The Morgan fingerprint density at radius 2 is 2.17 bits per heavy atom. The molecule has 3 heterocycles. The fourth-order valence-corrected chi connectivity index (χ4v) is 1.86. The molecule has 90 valence electrons. The van der Waals surface area contributed by atoms with Crippen molar-refractivity contribution < 1.29 is 4.42 Å². The summed E-state index contributed by atoms with van der Waals surface area (Å²) in [5, 5.41) is 4.34. The van der Waals surface area contributed by atoms with Gasteiger partial charge in [0, 0.05) is 18.5 Å². The van der Waals surface area contributed by atoms with E-state index in [4.69, 9.17) is 10.2 Å². The Kier molecular flexibility index (Phi) is 2.60. The zero-order chi connectivity index (χ0) is 12.5. The molecule has 3 rings (SSSR count). The molecule has 0 aliphatic rings. The summed E-state index contributed by atoms with van der Waals surface area (Å²) < 4.78 is 7.58. The number of nitrogens with zero attached hydrogens (tertiary/aromatic N) is 4. The van der Waals surface area contributed by atoms with E-state index in [0.717, 1.165) is 0 Å². The maximum Gasteiger partial charge on any atom is 0.174 e. The first-order valence-corrected chi connectivity index (χ1v) is 5.91. The number of halogens is 1. The van der Waals surface area contributed by atoms with E-state index in [1.54, 1.807) is 30.7 Å². The van der Waals surface area contributed by atoms with E-state index in [9.17, 15) is 0 Å². The average Bonchev–Trinajstić information content (AvgIpc) is 2.97. The highest BCUT2D eigenvalue weighted by molar-refractivity contribution is 9.10. The average molecular weight is 306 g/mol. The van der Waals surface area contributed by atoms with Crippen molar-refractivity contribution in [2.75, 3.05) is 5.73 Å². The molecule has 3 aromatic heterocycles. The third kappa shape index (κ3) is 1.88.